The average molecular weight is 398 g/mol. The molecule has 0 bridgehead atoms. The Hall–Kier alpha value is -1.51. The SMILES string of the molecule is CC(F)(OC(F)(F)C(F)(F)C(F)(F)F)C(F)(F)OCC1COC(=O)O1. The predicted molar refractivity (Wildman–Crippen MR) is 53.7 cm³/mol. The maximum atomic E-state index is 13.6. The minimum atomic E-state index is -6.97. The van der Waals surface area contributed by atoms with Gasteiger partial charge in [0.05, 0.1) is 6.61 Å². The lowest BCUT2D eigenvalue weighted by Gasteiger charge is -2.35. The molecule has 148 valence electrons. The fourth-order valence-corrected chi connectivity index (χ4v) is 1.30. The van der Waals surface area contributed by atoms with Crippen molar-refractivity contribution in [1.29, 1.82) is 0 Å². The van der Waals surface area contributed by atoms with Crippen molar-refractivity contribution in [1.82, 2.24) is 0 Å². The second-order valence-electron chi connectivity index (χ2n) is 4.74. The van der Waals surface area contributed by atoms with Gasteiger partial charge < -0.3 is 14.2 Å². The van der Waals surface area contributed by atoms with Crippen molar-refractivity contribution in [3.63, 3.8) is 0 Å². The molecule has 1 rings (SSSR count). The van der Waals surface area contributed by atoms with E-state index in [2.05, 4.69) is 18.9 Å². The number of halogens is 10. The summed E-state index contributed by atoms with van der Waals surface area (Å²) in [6, 6.07) is 0. The van der Waals surface area contributed by atoms with Crippen LogP contribution in [0.2, 0.25) is 0 Å². The van der Waals surface area contributed by atoms with E-state index in [1.54, 1.807) is 0 Å². The van der Waals surface area contributed by atoms with Crippen LogP contribution in [0.25, 0.3) is 0 Å². The van der Waals surface area contributed by atoms with Crippen LogP contribution < -0.4 is 0 Å². The molecule has 2 unspecified atom stereocenters. The van der Waals surface area contributed by atoms with Crippen LogP contribution in [-0.4, -0.2) is 55.6 Å². The van der Waals surface area contributed by atoms with E-state index in [1.807, 2.05) is 0 Å². The molecule has 1 saturated heterocycles. The van der Waals surface area contributed by atoms with Gasteiger partial charge in [-0.05, 0) is 0 Å². The molecular weight excluding hydrogens is 390 g/mol. The van der Waals surface area contributed by atoms with Crippen molar-refractivity contribution in [2.45, 2.75) is 43.2 Å². The number of ether oxygens (including phenoxy) is 4. The van der Waals surface area contributed by atoms with Crippen molar-refractivity contribution in [3.8, 4) is 0 Å². The topological polar surface area (TPSA) is 54.0 Å². The van der Waals surface area contributed by atoms with Gasteiger partial charge in [-0.3, -0.25) is 4.74 Å². The van der Waals surface area contributed by atoms with Crippen LogP contribution >= 0.6 is 0 Å². The number of carbonyl (C=O) groups excluding carboxylic acids is 1. The van der Waals surface area contributed by atoms with E-state index in [0.717, 1.165) is 0 Å². The monoisotopic (exact) mass is 398 g/mol. The quantitative estimate of drug-likeness (QED) is 0.485. The first-order valence-electron chi connectivity index (χ1n) is 5.99. The van der Waals surface area contributed by atoms with Gasteiger partial charge in [0.25, 0.3) is 0 Å². The van der Waals surface area contributed by atoms with Crippen LogP contribution in [0.1, 0.15) is 6.92 Å². The number of alkyl halides is 10. The Morgan fingerprint density at radius 2 is 1.52 bits per heavy atom. The lowest BCUT2D eigenvalue weighted by atomic mass is 10.2. The Balaban J connectivity index is 2.85. The van der Waals surface area contributed by atoms with Crippen LogP contribution in [0.5, 0.6) is 0 Å². The number of hydrogen-bond acceptors (Lipinski definition) is 5. The molecular formula is C10H8F10O5. The molecule has 0 spiro atoms. The maximum Gasteiger partial charge on any atom is 0.508 e. The molecule has 15 heteroatoms. The minimum absolute atomic E-state index is 0.551. The first-order chi connectivity index (χ1) is 10.9. The molecule has 0 aliphatic carbocycles. The summed E-state index contributed by atoms with van der Waals surface area (Å²) in [5, 5.41) is 0. The normalized spacial score (nSPS) is 22.4. The van der Waals surface area contributed by atoms with Gasteiger partial charge in [0.15, 0.2) is 6.10 Å². The van der Waals surface area contributed by atoms with E-state index >= 15 is 0 Å². The fraction of sp³-hybridized carbons (Fsp3) is 0.900. The van der Waals surface area contributed by atoms with Crippen molar-refractivity contribution < 1.29 is 67.6 Å². The Kier molecular flexibility index (Phi) is 5.46. The van der Waals surface area contributed by atoms with E-state index in [0.29, 0.717) is 0 Å². The van der Waals surface area contributed by atoms with Crippen molar-refractivity contribution in [2.75, 3.05) is 13.2 Å². The highest BCUT2D eigenvalue weighted by Crippen LogP contribution is 2.50. The van der Waals surface area contributed by atoms with Crippen LogP contribution in [0.3, 0.4) is 0 Å². The molecule has 1 aliphatic rings. The Labute approximate surface area is 131 Å². The number of cyclic esters (lactones) is 2. The Morgan fingerprint density at radius 3 is 1.92 bits per heavy atom. The summed E-state index contributed by atoms with van der Waals surface area (Å²) in [6.45, 7) is -2.55. The van der Waals surface area contributed by atoms with Crippen molar-refractivity contribution in [2.24, 2.45) is 0 Å². The summed E-state index contributed by atoms with van der Waals surface area (Å²) in [7, 11) is 0. The lowest BCUT2D eigenvalue weighted by molar-refractivity contribution is -0.491. The van der Waals surface area contributed by atoms with Crippen LogP contribution in [0.4, 0.5) is 48.7 Å². The first-order valence-corrected chi connectivity index (χ1v) is 5.99. The molecule has 0 aromatic heterocycles. The molecule has 1 aliphatic heterocycles. The van der Waals surface area contributed by atoms with Crippen LogP contribution in [0, 0.1) is 0 Å². The van der Waals surface area contributed by atoms with Gasteiger partial charge in [-0.1, -0.05) is 0 Å². The molecule has 0 aromatic carbocycles. The van der Waals surface area contributed by atoms with Gasteiger partial charge in [0.1, 0.15) is 6.61 Å². The zero-order valence-corrected chi connectivity index (χ0v) is 11.8. The molecule has 0 aromatic rings. The molecule has 0 N–H and O–H groups in total. The third-order valence-electron chi connectivity index (χ3n) is 2.66. The Bertz CT molecular complexity index is 503. The maximum absolute atomic E-state index is 13.6. The first kappa shape index (κ1) is 21.5. The molecule has 2 atom stereocenters. The predicted octanol–water partition coefficient (Wildman–Crippen LogP) is 3.62. The van der Waals surface area contributed by atoms with Crippen molar-refractivity contribution >= 4 is 6.16 Å². The lowest BCUT2D eigenvalue weighted by Crippen LogP contribution is -2.59. The highest BCUT2D eigenvalue weighted by atomic mass is 19.4. The van der Waals surface area contributed by atoms with Gasteiger partial charge in [-0.2, -0.15) is 39.5 Å². The fourth-order valence-electron chi connectivity index (χ4n) is 1.30. The third-order valence-corrected chi connectivity index (χ3v) is 2.66. The number of hydrogen-bond donors (Lipinski definition) is 0. The second-order valence-corrected chi connectivity index (χ2v) is 4.74. The largest absolute Gasteiger partial charge is 0.508 e. The van der Waals surface area contributed by atoms with Crippen LogP contribution in [-0.2, 0) is 18.9 Å². The summed E-state index contributed by atoms with van der Waals surface area (Å²) in [5.41, 5.74) is 0. The molecule has 25 heavy (non-hydrogen) atoms. The summed E-state index contributed by atoms with van der Waals surface area (Å²) in [4.78, 5) is 10.5. The smallest absolute Gasteiger partial charge is 0.430 e. The minimum Gasteiger partial charge on any atom is -0.430 e. The molecule has 0 radical (unpaired) electrons. The summed E-state index contributed by atoms with van der Waals surface area (Å²) in [5.74, 6) is -12.1. The van der Waals surface area contributed by atoms with Crippen molar-refractivity contribution in [3.05, 3.63) is 0 Å². The molecule has 0 amide bonds. The number of rotatable bonds is 7. The summed E-state index contributed by atoms with van der Waals surface area (Å²) in [6.07, 6.45) is -21.9. The van der Waals surface area contributed by atoms with Gasteiger partial charge >= 0.3 is 36.3 Å². The van der Waals surface area contributed by atoms with E-state index in [4.69, 9.17) is 0 Å². The summed E-state index contributed by atoms with van der Waals surface area (Å²) >= 11 is 0. The second kappa shape index (κ2) is 6.34. The average Bonchev–Trinajstić information content (AvgIpc) is 2.79. The van der Waals surface area contributed by atoms with E-state index in [9.17, 15) is 48.7 Å². The van der Waals surface area contributed by atoms with E-state index in [-0.39, 0.29) is 0 Å². The van der Waals surface area contributed by atoms with Gasteiger partial charge in [-0.25, -0.2) is 9.18 Å². The zero-order chi connectivity index (χ0) is 19.9. The summed E-state index contributed by atoms with van der Waals surface area (Å²) < 4.78 is 141. The molecule has 5 nitrogen and oxygen atoms in total. The third kappa shape index (κ3) is 4.37. The highest BCUT2D eigenvalue weighted by Gasteiger charge is 2.77. The standard InChI is InChI=1S/C10H8F10O5/c1-6(11,25-10(19,20)7(12,13)8(14,15)16)9(17,18)23-3-4-2-22-5(21)24-4/h4H,2-3H2,1H3. The molecule has 1 fully saturated rings. The van der Waals surface area contributed by atoms with Crippen LogP contribution in [0.15, 0.2) is 0 Å². The number of carbonyl (C=O) groups is 1. The highest BCUT2D eigenvalue weighted by molar-refractivity contribution is 5.61. The zero-order valence-electron chi connectivity index (χ0n) is 11.8. The molecule has 0 saturated carbocycles. The van der Waals surface area contributed by atoms with E-state index in [1.165, 1.54) is 0 Å². The van der Waals surface area contributed by atoms with E-state index < -0.39 is 62.6 Å². The van der Waals surface area contributed by atoms with Gasteiger partial charge in [0, 0.05) is 6.92 Å². The van der Waals surface area contributed by atoms with Gasteiger partial charge in [-0.15, -0.1) is 0 Å². The molecule has 1 heterocycles. The van der Waals surface area contributed by atoms with Gasteiger partial charge in [0.2, 0.25) is 0 Å². The Morgan fingerprint density at radius 1 is 1.00 bits per heavy atom.